The van der Waals surface area contributed by atoms with E-state index in [2.05, 4.69) is 10.4 Å². The number of benzene rings is 1. The van der Waals surface area contributed by atoms with Gasteiger partial charge in [0.15, 0.2) is 0 Å². The average molecular weight is 299 g/mol. The van der Waals surface area contributed by atoms with Crippen LogP contribution in [-0.4, -0.2) is 20.9 Å². The number of nitrogens with zero attached hydrogens (tertiary/aromatic N) is 2. The van der Waals surface area contributed by atoms with Gasteiger partial charge in [-0.15, -0.1) is 0 Å². The van der Waals surface area contributed by atoms with E-state index in [1.54, 1.807) is 10.9 Å². The third-order valence-corrected chi connectivity index (χ3v) is 2.80. The monoisotopic (exact) mass is 299 g/mol. The molecule has 0 radical (unpaired) electrons. The molecule has 2 N–H and O–H groups in total. The van der Waals surface area contributed by atoms with E-state index < -0.39 is 23.3 Å². The van der Waals surface area contributed by atoms with Crippen molar-refractivity contribution in [3.63, 3.8) is 0 Å². The van der Waals surface area contributed by atoms with Gasteiger partial charge in [-0.05, 0) is 25.1 Å². The molecule has 0 amide bonds. The summed E-state index contributed by atoms with van der Waals surface area (Å²) in [4.78, 5) is 11.0. The summed E-state index contributed by atoms with van der Waals surface area (Å²) in [5.74, 6) is -1.63. The van der Waals surface area contributed by atoms with E-state index in [-0.39, 0.29) is 5.69 Å². The molecule has 0 fully saturated rings. The van der Waals surface area contributed by atoms with Crippen LogP contribution in [0.5, 0.6) is 0 Å². The normalized spacial score (nSPS) is 11.4. The number of carboxylic acids is 1. The Morgan fingerprint density at radius 1 is 1.38 bits per heavy atom. The second-order valence-electron chi connectivity index (χ2n) is 4.27. The maximum absolute atomic E-state index is 12.7. The minimum atomic E-state index is -4.71. The predicted molar refractivity (Wildman–Crippen MR) is 69.6 cm³/mol. The van der Waals surface area contributed by atoms with Gasteiger partial charge in [0.25, 0.3) is 0 Å². The number of anilines is 2. The predicted octanol–water partition coefficient (Wildman–Crippen LogP) is 3.36. The fourth-order valence-corrected chi connectivity index (χ4v) is 1.81. The summed E-state index contributed by atoms with van der Waals surface area (Å²) in [5, 5.41) is 15.7. The van der Waals surface area contributed by atoms with Gasteiger partial charge in [-0.25, -0.2) is 4.79 Å². The average Bonchev–Trinajstić information content (AvgIpc) is 2.85. The molecule has 0 bridgehead atoms. The number of aromatic carboxylic acids is 1. The molecule has 8 heteroatoms. The molecule has 0 aliphatic rings. The quantitative estimate of drug-likeness (QED) is 0.908. The molecule has 2 rings (SSSR count). The summed E-state index contributed by atoms with van der Waals surface area (Å²) in [6.45, 7) is 2.53. The number of alkyl halides is 3. The van der Waals surface area contributed by atoms with E-state index >= 15 is 0 Å². The number of carboxylic acid groups (broad SMARTS) is 1. The van der Waals surface area contributed by atoms with E-state index in [1.165, 1.54) is 12.3 Å². The molecule has 21 heavy (non-hydrogen) atoms. The topological polar surface area (TPSA) is 67.2 Å². The molecule has 0 aliphatic carbocycles. The van der Waals surface area contributed by atoms with Gasteiger partial charge < -0.3 is 10.4 Å². The Morgan fingerprint density at radius 2 is 2.10 bits per heavy atom. The zero-order valence-corrected chi connectivity index (χ0v) is 11.0. The summed E-state index contributed by atoms with van der Waals surface area (Å²) in [5.41, 5.74) is -1.16. The van der Waals surface area contributed by atoms with Crippen LogP contribution in [0.2, 0.25) is 0 Å². The highest BCUT2D eigenvalue weighted by Crippen LogP contribution is 2.33. The lowest BCUT2D eigenvalue weighted by molar-refractivity contribution is -0.138. The molecule has 2 aromatic rings. The highest BCUT2D eigenvalue weighted by Gasteiger charge is 2.35. The zero-order chi connectivity index (χ0) is 15.6. The summed E-state index contributed by atoms with van der Waals surface area (Å²) in [6.07, 6.45) is -1.54. The summed E-state index contributed by atoms with van der Waals surface area (Å²) < 4.78 is 39.8. The molecule has 0 atom stereocenters. The molecule has 0 saturated heterocycles. The van der Waals surface area contributed by atoms with Gasteiger partial charge in [-0.1, -0.05) is 0 Å². The second-order valence-corrected chi connectivity index (χ2v) is 4.27. The Kier molecular flexibility index (Phi) is 3.88. The van der Waals surface area contributed by atoms with Crippen LogP contribution in [-0.2, 0) is 12.7 Å². The van der Waals surface area contributed by atoms with E-state index in [1.807, 2.05) is 6.92 Å². The number of aryl methyl sites for hydroxylation is 1. The van der Waals surface area contributed by atoms with Gasteiger partial charge >= 0.3 is 12.1 Å². The fourth-order valence-electron chi connectivity index (χ4n) is 1.81. The van der Waals surface area contributed by atoms with Crippen LogP contribution >= 0.6 is 0 Å². The molecular weight excluding hydrogens is 287 g/mol. The lowest BCUT2D eigenvalue weighted by Gasteiger charge is -2.12. The Balaban J connectivity index is 2.34. The highest BCUT2D eigenvalue weighted by atomic mass is 19.4. The molecule has 0 spiro atoms. The van der Waals surface area contributed by atoms with Crippen molar-refractivity contribution < 1.29 is 23.1 Å². The maximum Gasteiger partial charge on any atom is 0.417 e. The second kappa shape index (κ2) is 5.47. The minimum Gasteiger partial charge on any atom is -0.478 e. The van der Waals surface area contributed by atoms with Crippen molar-refractivity contribution in [3.05, 3.63) is 41.7 Å². The first-order chi connectivity index (χ1) is 9.81. The standard InChI is InChI=1S/C13H12F3N3O2/c1-2-19-7-9(6-17-19)18-8-3-4-11(13(14,15)16)10(5-8)12(20)21/h3-7,18H,2H2,1H3,(H,20,21). The van der Waals surface area contributed by atoms with Crippen molar-refractivity contribution in [2.45, 2.75) is 19.6 Å². The zero-order valence-electron chi connectivity index (χ0n) is 11.0. The lowest BCUT2D eigenvalue weighted by atomic mass is 10.1. The SMILES string of the molecule is CCn1cc(Nc2ccc(C(F)(F)F)c(C(=O)O)c2)cn1. The molecule has 1 heterocycles. The number of halogens is 3. The number of carbonyl (C=O) groups is 1. The number of nitrogens with one attached hydrogen (secondary N) is 1. The van der Waals surface area contributed by atoms with Crippen LogP contribution in [0.4, 0.5) is 24.5 Å². The molecule has 1 aromatic carbocycles. The number of hydrogen-bond acceptors (Lipinski definition) is 3. The van der Waals surface area contributed by atoms with E-state index in [4.69, 9.17) is 5.11 Å². The van der Waals surface area contributed by atoms with Crippen LogP contribution in [0, 0.1) is 0 Å². The molecule has 1 aromatic heterocycles. The van der Waals surface area contributed by atoms with Crippen molar-refractivity contribution in [3.8, 4) is 0 Å². The van der Waals surface area contributed by atoms with Crippen LogP contribution in [0.3, 0.4) is 0 Å². The minimum absolute atomic E-state index is 0.246. The molecule has 0 aliphatic heterocycles. The van der Waals surface area contributed by atoms with Gasteiger partial charge in [-0.3, -0.25) is 4.68 Å². The van der Waals surface area contributed by atoms with Crippen molar-refractivity contribution in [1.82, 2.24) is 9.78 Å². The fraction of sp³-hybridized carbons (Fsp3) is 0.231. The Bertz CT molecular complexity index is 665. The number of hydrogen-bond donors (Lipinski definition) is 2. The van der Waals surface area contributed by atoms with Crippen LogP contribution < -0.4 is 5.32 Å². The third-order valence-electron chi connectivity index (χ3n) is 2.80. The third kappa shape index (κ3) is 3.33. The number of rotatable bonds is 4. The van der Waals surface area contributed by atoms with Gasteiger partial charge in [0.2, 0.25) is 0 Å². The van der Waals surface area contributed by atoms with Gasteiger partial charge in [-0.2, -0.15) is 18.3 Å². The van der Waals surface area contributed by atoms with Crippen LogP contribution in [0.1, 0.15) is 22.8 Å². The molecule has 112 valence electrons. The maximum atomic E-state index is 12.7. The van der Waals surface area contributed by atoms with E-state index in [0.717, 1.165) is 12.1 Å². The van der Waals surface area contributed by atoms with Crippen LogP contribution in [0.15, 0.2) is 30.6 Å². The van der Waals surface area contributed by atoms with Crippen LogP contribution in [0.25, 0.3) is 0 Å². The van der Waals surface area contributed by atoms with Crippen molar-refractivity contribution in [1.29, 1.82) is 0 Å². The summed E-state index contributed by atoms with van der Waals surface area (Å²) in [7, 11) is 0. The largest absolute Gasteiger partial charge is 0.478 e. The van der Waals surface area contributed by atoms with Crippen molar-refractivity contribution >= 4 is 17.3 Å². The Morgan fingerprint density at radius 3 is 2.62 bits per heavy atom. The molecule has 0 unspecified atom stereocenters. The van der Waals surface area contributed by atoms with Crippen molar-refractivity contribution in [2.75, 3.05) is 5.32 Å². The Hall–Kier alpha value is -2.51. The van der Waals surface area contributed by atoms with Crippen molar-refractivity contribution in [2.24, 2.45) is 0 Å². The highest BCUT2D eigenvalue weighted by molar-refractivity contribution is 5.91. The first-order valence-corrected chi connectivity index (χ1v) is 6.05. The lowest BCUT2D eigenvalue weighted by Crippen LogP contribution is -2.13. The van der Waals surface area contributed by atoms with Gasteiger partial charge in [0.1, 0.15) is 0 Å². The van der Waals surface area contributed by atoms with E-state index in [0.29, 0.717) is 12.2 Å². The first kappa shape index (κ1) is 14.9. The van der Waals surface area contributed by atoms with Gasteiger partial charge in [0.05, 0.1) is 23.0 Å². The summed E-state index contributed by atoms with van der Waals surface area (Å²) >= 11 is 0. The molecule has 5 nitrogen and oxygen atoms in total. The summed E-state index contributed by atoms with van der Waals surface area (Å²) in [6, 6.07) is 2.88. The van der Waals surface area contributed by atoms with Gasteiger partial charge in [0, 0.05) is 18.4 Å². The molecular formula is C13H12F3N3O2. The Labute approximate surface area is 118 Å². The first-order valence-electron chi connectivity index (χ1n) is 6.05. The molecule has 0 saturated carbocycles. The smallest absolute Gasteiger partial charge is 0.417 e. The number of aromatic nitrogens is 2. The van der Waals surface area contributed by atoms with E-state index in [9.17, 15) is 18.0 Å².